The van der Waals surface area contributed by atoms with Gasteiger partial charge in [0.15, 0.2) is 6.29 Å². The fraction of sp³-hybridized carbons (Fsp3) is 0.276. The van der Waals surface area contributed by atoms with Crippen LogP contribution in [0.1, 0.15) is 41.7 Å². The number of nitrogens with zero attached hydrogens (tertiary/aromatic N) is 3. The van der Waals surface area contributed by atoms with E-state index in [4.69, 9.17) is 4.74 Å². The Bertz CT molecular complexity index is 1610. The summed E-state index contributed by atoms with van der Waals surface area (Å²) in [6, 6.07) is 17.9. The molecule has 0 radical (unpaired) electrons. The molecular weight excluding hydrogens is 571 g/mol. The first-order valence-electron chi connectivity index (χ1n) is 12.8. The van der Waals surface area contributed by atoms with Crippen LogP contribution in [0.5, 0.6) is 5.88 Å². The Balaban J connectivity index is 0.00000462. The van der Waals surface area contributed by atoms with Crippen LogP contribution in [0.2, 0.25) is 0 Å². The molecule has 0 fully saturated rings. The zero-order chi connectivity index (χ0) is 28.9. The monoisotopic (exact) mass is 602 g/mol. The molecule has 0 unspecified atom stereocenters. The number of thiophene rings is 1. The van der Waals surface area contributed by atoms with Gasteiger partial charge >= 0.3 is 29.6 Å². The number of imidazole rings is 1. The van der Waals surface area contributed by atoms with Crippen molar-refractivity contribution in [1.29, 1.82) is 0 Å². The minimum Gasteiger partial charge on any atom is -0.846 e. The van der Waals surface area contributed by atoms with E-state index in [0.717, 1.165) is 33.6 Å². The first-order chi connectivity index (χ1) is 19.2. The number of methoxy groups -OCH3 is 1. The number of rotatable bonds is 11. The second-order valence-electron chi connectivity index (χ2n) is 9.49. The van der Waals surface area contributed by atoms with Gasteiger partial charge in [0.05, 0.1) is 13.1 Å². The molecule has 1 N–H and O–H groups in total. The summed E-state index contributed by atoms with van der Waals surface area (Å²) < 4.78 is 35.6. The van der Waals surface area contributed by atoms with E-state index in [2.05, 4.69) is 28.5 Å². The molecule has 0 spiro atoms. The zero-order valence-corrected chi connectivity index (χ0v) is 27.4. The van der Waals surface area contributed by atoms with Crippen LogP contribution in [0.15, 0.2) is 69.9 Å². The molecule has 9 nitrogen and oxygen atoms in total. The Morgan fingerprint density at radius 2 is 1.83 bits per heavy atom. The van der Waals surface area contributed by atoms with Crippen LogP contribution < -0.4 is 44.1 Å². The maximum absolute atomic E-state index is 13.2. The van der Waals surface area contributed by atoms with E-state index in [1.807, 2.05) is 60.7 Å². The number of aliphatic imine (C=N–C) groups is 1. The molecule has 0 atom stereocenters. The third kappa shape index (κ3) is 7.66. The van der Waals surface area contributed by atoms with Crippen molar-refractivity contribution in [2.24, 2.45) is 10.9 Å². The second kappa shape index (κ2) is 14.3. The number of amidine groups is 1. The zero-order valence-electron chi connectivity index (χ0n) is 23.7. The molecule has 41 heavy (non-hydrogen) atoms. The first-order valence-corrected chi connectivity index (χ1v) is 15.1. The minimum atomic E-state index is -4.12. The first kappa shape index (κ1) is 32.6. The van der Waals surface area contributed by atoms with E-state index in [0.29, 0.717) is 41.5 Å². The minimum absolute atomic E-state index is 0. The van der Waals surface area contributed by atoms with Crippen LogP contribution >= 0.6 is 11.3 Å². The summed E-state index contributed by atoms with van der Waals surface area (Å²) in [7, 11) is -2.65. The van der Waals surface area contributed by atoms with Gasteiger partial charge in [-0.2, -0.15) is 4.98 Å². The largest absolute Gasteiger partial charge is 1.00 e. The Morgan fingerprint density at radius 1 is 1.15 bits per heavy atom. The Hall–Kier alpha value is -2.96. The molecule has 4 rings (SSSR count). The molecule has 4 aromatic rings. The standard InChI is InChI=1S/C29H32N4O5S2.Na/c1-5-30-29(35)32-40(36,37)28-24(16-23(39-28)15-19(2)3)21-13-11-20(12-14-21)17-33-25(18-34)27(38-4)31-26(33)22-9-7-6-8-10-22;/h6-14,16,18-19H,5,15,17H2,1-4H3,(H2,30,32,35);/q;+1/p-1. The van der Waals surface area contributed by atoms with Crippen molar-refractivity contribution in [3.63, 3.8) is 0 Å². The van der Waals surface area contributed by atoms with Crippen LogP contribution in [0.25, 0.3) is 22.5 Å². The molecule has 0 aliphatic carbocycles. The molecule has 2 heterocycles. The molecule has 0 amide bonds. The number of aldehydes is 1. The Kier molecular flexibility index (Phi) is 11.3. The second-order valence-corrected chi connectivity index (χ2v) is 12.5. The van der Waals surface area contributed by atoms with Crippen LogP contribution in [0, 0.1) is 5.92 Å². The van der Waals surface area contributed by atoms with Crippen molar-refractivity contribution < 1.29 is 52.6 Å². The fourth-order valence-corrected chi connectivity index (χ4v) is 7.17. The molecule has 12 heteroatoms. The number of carbonyl (C=O) groups is 1. The maximum atomic E-state index is 13.2. The third-order valence-corrected chi connectivity index (χ3v) is 9.05. The van der Waals surface area contributed by atoms with E-state index >= 15 is 0 Å². The van der Waals surface area contributed by atoms with Gasteiger partial charge < -0.3 is 14.4 Å². The van der Waals surface area contributed by atoms with Crippen molar-refractivity contribution in [2.75, 3.05) is 13.7 Å². The SMILES string of the molecule is CCN=C([O-])NS(=O)(=O)c1sc(CC(C)C)cc1-c1ccc(Cn2c(-c3ccccc3)nc(OC)c2C=O)cc1.[Na+]. The third-order valence-electron chi connectivity index (χ3n) is 6.04. The van der Waals surface area contributed by atoms with Crippen LogP contribution in [0.3, 0.4) is 0 Å². The van der Waals surface area contributed by atoms with Gasteiger partial charge in [-0.1, -0.05) is 68.4 Å². The van der Waals surface area contributed by atoms with Gasteiger partial charge in [-0.05, 0) is 36.5 Å². The molecule has 0 saturated carbocycles. The van der Waals surface area contributed by atoms with E-state index in [-0.39, 0.29) is 46.2 Å². The molecule has 0 aliphatic heterocycles. The number of carbonyl (C=O) groups excluding carboxylic acids is 1. The molecule has 0 saturated heterocycles. The average Bonchev–Trinajstić information content (AvgIpc) is 3.51. The summed E-state index contributed by atoms with van der Waals surface area (Å²) in [5, 5.41) is 12.0. The number of aromatic nitrogens is 2. The van der Waals surface area contributed by atoms with Gasteiger partial charge in [-0.3, -0.25) is 14.5 Å². The van der Waals surface area contributed by atoms with Crippen LogP contribution in [0.4, 0.5) is 0 Å². The summed E-state index contributed by atoms with van der Waals surface area (Å²) in [5.74, 6) is 1.17. The molecule has 0 bridgehead atoms. The van der Waals surface area contributed by atoms with Gasteiger partial charge in [0, 0.05) is 29.1 Å². The van der Waals surface area contributed by atoms with Crippen LogP contribution in [-0.4, -0.2) is 43.9 Å². The predicted octanol–water partition coefficient (Wildman–Crippen LogP) is 1.37. The predicted molar refractivity (Wildman–Crippen MR) is 155 cm³/mol. The summed E-state index contributed by atoms with van der Waals surface area (Å²) in [5.41, 5.74) is 3.25. The summed E-state index contributed by atoms with van der Waals surface area (Å²) >= 11 is 1.16. The van der Waals surface area contributed by atoms with Gasteiger partial charge in [0.1, 0.15) is 15.7 Å². The van der Waals surface area contributed by atoms with E-state index in [9.17, 15) is 18.3 Å². The molecule has 0 aliphatic rings. The van der Waals surface area contributed by atoms with Gasteiger partial charge in [0.2, 0.25) is 5.88 Å². The van der Waals surface area contributed by atoms with E-state index in [1.54, 1.807) is 11.5 Å². The van der Waals surface area contributed by atoms with Crippen molar-refractivity contribution >= 4 is 33.7 Å². The van der Waals surface area contributed by atoms with E-state index < -0.39 is 16.0 Å². The summed E-state index contributed by atoms with van der Waals surface area (Å²) in [4.78, 5) is 21.0. The van der Waals surface area contributed by atoms with Gasteiger partial charge in [0.25, 0.3) is 10.0 Å². The Morgan fingerprint density at radius 3 is 2.41 bits per heavy atom. The molecule has 210 valence electrons. The topological polar surface area (TPSA) is 126 Å². The maximum Gasteiger partial charge on any atom is 1.00 e. The summed E-state index contributed by atoms with van der Waals surface area (Å²) in [6.45, 7) is 6.31. The molecule has 2 aromatic heterocycles. The van der Waals surface area contributed by atoms with Gasteiger partial charge in [-0.25, -0.2) is 8.42 Å². The molecule has 2 aromatic carbocycles. The van der Waals surface area contributed by atoms with Crippen LogP contribution in [-0.2, 0) is 23.0 Å². The molecular formula is C29H31N4NaO5S2. The Labute approximate surface area is 266 Å². The average molecular weight is 603 g/mol. The van der Waals surface area contributed by atoms with Gasteiger partial charge in [-0.15, -0.1) is 11.3 Å². The smallest absolute Gasteiger partial charge is 0.846 e. The number of hydrogen-bond acceptors (Lipinski definition) is 8. The van der Waals surface area contributed by atoms with Crippen molar-refractivity contribution in [2.45, 2.75) is 37.9 Å². The number of nitrogens with one attached hydrogen (secondary N) is 1. The number of sulfonamides is 1. The number of hydrogen-bond donors (Lipinski definition) is 1. The van der Waals surface area contributed by atoms with Crippen molar-refractivity contribution in [3.05, 3.63) is 76.8 Å². The summed E-state index contributed by atoms with van der Waals surface area (Å²) in [6.07, 6.45) is 1.43. The number of benzene rings is 2. The fourth-order valence-electron chi connectivity index (χ4n) is 4.31. The van der Waals surface area contributed by atoms with E-state index in [1.165, 1.54) is 7.11 Å². The number of ether oxygens (including phenoxy) is 1. The van der Waals surface area contributed by atoms with Crippen molar-refractivity contribution in [1.82, 2.24) is 14.3 Å². The van der Waals surface area contributed by atoms with Crippen molar-refractivity contribution in [3.8, 4) is 28.4 Å². The quantitative estimate of drug-likeness (QED) is 0.120. The normalized spacial score (nSPS) is 11.8.